The lowest BCUT2D eigenvalue weighted by atomic mass is 9.73. The summed E-state index contributed by atoms with van der Waals surface area (Å²) in [5.74, 6) is 0.282. The van der Waals surface area contributed by atoms with E-state index in [0.29, 0.717) is 0 Å². The molecule has 2 fully saturated rings. The van der Waals surface area contributed by atoms with Gasteiger partial charge in [0.15, 0.2) is 0 Å². The van der Waals surface area contributed by atoms with E-state index >= 15 is 0 Å². The molecule has 1 saturated heterocycles. The second kappa shape index (κ2) is 5.80. The van der Waals surface area contributed by atoms with Crippen molar-refractivity contribution < 1.29 is 4.79 Å². The predicted molar refractivity (Wildman–Crippen MR) is 78.1 cm³/mol. The molecule has 1 aliphatic heterocycles. The lowest BCUT2D eigenvalue weighted by molar-refractivity contribution is -0.133. The van der Waals surface area contributed by atoms with Gasteiger partial charge in [0.05, 0.1) is 5.41 Å². The molecule has 2 aliphatic rings. The van der Waals surface area contributed by atoms with Gasteiger partial charge in [-0.25, -0.2) is 0 Å². The monoisotopic (exact) mass is 267 g/mol. The van der Waals surface area contributed by atoms with Crippen molar-refractivity contribution in [2.75, 3.05) is 33.7 Å². The molecule has 0 aromatic carbocycles. The average molecular weight is 267 g/mol. The molecule has 4 nitrogen and oxygen atoms in total. The van der Waals surface area contributed by atoms with Crippen LogP contribution in [0.25, 0.3) is 0 Å². The van der Waals surface area contributed by atoms with Gasteiger partial charge < -0.3 is 15.5 Å². The molecule has 0 aromatic heterocycles. The molecule has 110 valence electrons. The van der Waals surface area contributed by atoms with Gasteiger partial charge in [-0.3, -0.25) is 4.79 Å². The molecule has 0 unspecified atom stereocenters. The molecule has 4 heteroatoms. The molecule has 1 aliphatic carbocycles. The maximum atomic E-state index is 12.6. The van der Waals surface area contributed by atoms with E-state index in [1.165, 1.54) is 19.3 Å². The van der Waals surface area contributed by atoms with Gasteiger partial charge in [-0.2, -0.15) is 0 Å². The van der Waals surface area contributed by atoms with Crippen LogP contribution in [0, 0.1) is 5.41 Å². The van der Waals surface area contributed by atoms with Crippen LogP contribution in [0.4, 0.5) is 0 Å². The van der Waals surface area contributed by atoms with E-state index in [9.17, 15) is 4.79 Å². The Morgan fingerprint density at radius 1 is 1.21 bits per heavy atom. The molecular weight excluding hydrogens is 238 g/mol. The molecule has 1 saturated carbocycles. The zero-order valence-corrected chi connectivity index (χ0v) is 12.7. The molecule has 2 N–H and O–H groups in total. The van der Waals surface area contributed by atoms with E-state index < -0.39 is 0 Å². The van der Waals surface area contributed by atoms with E-state index in [4.69, 9.17) is 0 Å². The number of likely N-dealkylation sites (N-methyl/N-ethyl adjacent to an activating group) is 1. The van der Waals surface area contributed by atoms with Crippen molar-refractivity contribution >= 4 is 5.91 Å². The summed E-state index contributed by atoms with van der Waals surface area (Å²) in [4.78, 5) is 14.9. The van der Waals surface area contributed by atoms with Crippen LogP contribution in [-0.2, 0) is 4.79 Å². The number of rotatable bonds is 5. The number of nitrogens with zero attached hydrogens (tertiary/aromatic N) is 1. The zero-order valence-electron chi connectivity index (χ0n) is 12.7. The third-order valence-electron chi connectivity index (χ3n) is 5.53. The molecule has 0 aromatic rings. The molecule has 0 bridgehead atoms. The second-order valence-corrected chi connectivity index (χ2v) is 6.54. The van der Waals surface area contributed by atoms with Gasteiger partial charge in [0.25, 0.3) is 0 Å². The van der Waals surface area contributed by atoms with Crippen LogP contribution in [0.3, 0.4) is 0 Å². The first-order valence-corrected chi connectivity index (χ1v) is 7.71. The first-order valence-electron chi connectivity index (χ1n) is 7.71. The SMILES string of the molecule is CCC1(C(=O)NCC2(N(C)C)CCC2)CCNCC1. The molecule has 19 heavy (non-hydrogen) atoms. The molecule has 1 heterocycles. The van der Waals surface area contributed by atoms with Crippen molar-refractivity contribution in [3.63, 3.8) is 0 Å². The summed E-state index contributed by atoms with van der Waals surface area (Å²) in [5.41, 5.74) is 0.0972. The minimum absolute atomic E-state index is 0.123. The van der Waals surface area contributed by atoms with Gasteiger partial charge in [-0.05, 0) is 65.7 Å². The third kappa shape index (κ3) is 2.79. The van der Waals surface area contributed by atoms with Crippen molar-refractivity contribution in [1.82, 2.24) is 15.5 Å². The highest BCUT2D eigenvalue weighted by Gasteiger charge is 2.42. The highest BCUT2D eigenvalue weighted by molar-refractivity contribution is 5.82. The zero-order chi connectivity index (χ0) is 13.9. The van der Waals surface area contributed by atoms with Crippen molar-refractivity contribution in [1.29, 1.82) is 0 Å². The van der Waals surface area contributed by atoms with Gasteiger partial charge in [0.2, 0.25) is 5.91 Å². The fourth-order valence-electron chi connectivity index (χ4n) is 3.45. The topological polar surface area (TPSA) is 44.4 Å². The Morgan fingerprint density at radius 2 is 1.84 bits per heavy atom. The first kappa shape index (κ1) is 14.8. The number of carbonyl (C=O) groups is 1. The summed E-state index contributed by atoms with van der Waals surface area (Å²) >= 11 is 0. The maximum absolute atomic E-state index is 12.6. The summed E-state index contributed by atoms with van der Waals surface area (Å²) in [6.45, 7) is 4.91. The number of hydrogen-bond acceptors (Lipinski definition) is 3. The van der Waals surface area contributed by atoms with Crippen molar-refractivity contribution in [3.05, 3.63) is 0 Å². The smallest absolute Gasteiger partial charge is 0.226 e. The van der Waals surface area contributed by atoms with Crippen molar-refractivity contribution in [2.45, 2.75) is 51.0 Å². The third-order valence-corrected chi connectivity index (χ3v) is 5.53. The fraction of sp³-hybridized carbons (Fsp3) is 0.933. The van der Waals surface area contributed by atoms with E-state index in [-0.39, 0.29) is 16.9 Å². The molecule has 2 rings (SSSR count). The maximum Gasteiger partial charge on any atom is 0.226 e. The number of carbonyl (C=O) groups excluding carboxylic acids is 1. The first-order chi connectivity index (χ1) is 9.05. The largest absolute Gasteiger partial charge is 0.354 e. The Balaban J connectivity index is 1.92. The minimum atomic E-state index is -0.123. The van der Waals surface area contributed by atoms with Gasteiger partial charge in [0.1, 0.15) is 0 Å². The van der Waals surface area contributed by atoms with E-state index in [1.807, 2.05) is 0 Å². The van der Waals surface area contributed by atoms with Gasteiger partial charge in [-0.15, -0.1) is 0 Å². The molecule has 1 amide bonds. The standard InChI is InChI=1S/C15H29N3O/c1-4-14(8-10-16-11-9-14)13(19)17-12-15(18(2)3)6-5-7-15/h16H,4-12H2,1-3H3,(H,17,19). The molecule has 0 radical (unpaired) electrons. The van der Waals surface area contributed by atoms with Crippen LogP contribution >= 0.6 is 0 Å². The van der Waals surface area contributed by atoms with Crippen molar-refractivity contribution in [3.8, 4) is 0 Å². The van der Waals surface area contributed by atoms with E-state index in [0.717, 1.165) is 38.9 Å². The normalized spacial score (nSPS) is 24.8. The Hall–Kier alpha value is -0.610. The molecule has 0 spiro atoms. The van der Waals surface area contributed by atoms with Crippen LogP contribution in [0.15, 0.2) is 0 Å². The summed E-state index contributed by atoms with van der Waals surface area (Å²) in [6, 6.07) is 0. The number of piperidine rings is 1. The van der Waals surface area contributed by atoms with Crippen molar-refractivity contribution in [2.24, 2.45) is 5.41 Å². The summed E-state index contributed by atoms with van der Waals surface area (Å²) in [5, 5.41) is 6.61. The van der Waals surface area contributed by atoms with Crippen LogP contribution in [0.5, 0.6) is 0 Å². The highest BCUT2D eigenvalue weighted by atomic mass is 16.2. The lowest BCUT2D eigenvalue weighted by Crippen LogP contribution is -2.59. The van der Waals surface area contributed by atoms with Crippen LogP contribution in [-0.4, -0.2) is 50.1 Å². The molecular formula is C15H29N3O. The Kier molecular flexibility index (Phi) is 4.51. The Bertz CT molecular complexity index is 317. The van der Waals surface area contributed by atoms with Gasteiger partial charge >= 0.3 is 0 Å². The van der Waals surface area contributed by atoms with E-state index in [1.54, 1.807) is 0 Å². The summed E-state index contributed by atoms with van der Waals surface area (Å²) < 4.78 is 0. The van der Waals surface area contributed by atoms with Gasteiger partial charge in [-0.1, -0.05) is 6.92 Å². The van der Waals surface area contributed by atoms with E-state index in [2.05, 4.69) is 36.6 Å². The lowest BCUT2D eigenvalue weighted by Gasteiger charge is -2.48. The van der Waals surface area contributed by atoms with Crippen LogP contribution in [0.2, 0.25) is 0 Å². The Morgan fingerprint density at radius 3 is 2.26 bits per heavy atom. The average Bonchev–Trinajstić information content (AvgIpc) is 2.37. The Labute approximate surface area is 117 Å². The van der Waals surface area contributed by atoms with Crippen LogP contribution < -0.4 is 10.6 Å². The highest BCUT2D eigenvalue weighted by Crippen LogP contribution is 2.37. The number of amides is 1. The predicted octanol–water partition coefficient (Wildman–Crippen LogP) is 1.37. The minimum Gasteiger partial charge on any atom is -0.354 e. The quantitative estimate of drug-likeness (QED) is 0.791. The van der Waals surface area contributed by atoms with Crippen LogP contribution in [0.1, 0.15) is 45.4 Å². The molecule has 0 atom stereocenters. The second-order valence-electron chi connectivity index (χ2n) is 6.54. The fourth-order valence-corrected chi connectivity index (χ4v) is 3.45. The van der Waals surface area contributed by atoms with Gasteiger partial charge in [0, 0.05) is 12.1 Å². The number of hydrogen-bond donors (Lipinski definition) is 2. The number of nitrogens with one attached hydrogen (secondary N) is 2. The summed E-state index contributed by atoms with van der Waals surface area (Å²) in [7, 11) is 4.26. The summed E-state index contributed by atoms with van der Waals surface area (Å²) in [6.07, 6.45) is 6.61.